The van der Waals surface area contributed by atoms with Crippen molar-refractivity contribution < 1.29 is 8.42 Å². The Balaban J connectivity index is 2.00. The maximum atomic E-state index is 12.7. The molecule has 0 aromatic carbocycles. The molecule has 0 saturated heterocycles. The van der Waals surface area contributed by atoms with Crippen LogP contribution in [0.1, 0.15) is 24.4 Å². The van der Waals surface area contributed by atoms with Crippen LogP contribution in [-0.4, -0.2) is 23.8 Å². The van der Waals surface area contributed by atoms with Crippen LogP contribution in [0.5, 0.6) is 0 Å². The highest BCUT2D eigenvalue weighted by Crippen LogP contribution is 2.35. The van der Waals surface area contributed by atoms with Gasteiger partial charge in [-0.25, -0.2) is 8.42 Å². The van der Waals surface area contributed by atoms with Gasteiger partial charge in [0.2, 0.25) is 0 Å². The van der Waals surface area contributed by atoms with E-state index in [0.717, 1.165) is 9.48 Å². The molecule has 1 aliphatic rings. The van der Waals surface area contributed by atoms with Crippen LogP contribution in [0.3, 0.4) is 0 Å². The van der Waals surface area contributed by atoms with Crippen molar-refractivity contribution in [3.8, 4) is 0 Å². The first-order chi connectivity index (χ1) is 9.41. The molecule has 0 bridgehead atoms. The molecule has 0 N–H and O–H groups in total. The molecular formula is C13H15BrN2O2S2. The molecule has 7 heteroatoms. The van der Waals surface area contributed by atoms with Crippen molar-refractivity contribution in [1.82, 2.24) is 8.87 Å². The Morgan fingerprint density at radius 3 is 2.65 bits per heavy atom. The molecule has 0 saturated carbocycles. The molecule has 0 amide bonds. The van der Waals surface area contributed by atoms with E-state index >= 15 is 0 Å². The quantitative estimate of drug-likeness (QED) is 0.808. The van der Waals surface area contributed by atoms with Gasteiger partial charge in [-0.3, -0.25) is 0 Å². The zero-order valence-electron chi connectivity index (χ0n) is 11.2. The predicted molar refractivity (Wildman–Crippen MR) is 83.5 cm³/mol. The molecule has 4 nitrogen and oxygen atoms in total. The summed E-state index contributed by atoms with van der Waals surface area (Å²) in [6.07, 6.45) is 0. The molecule has 108 valence electrons. The molecule has 20 heavy (non-hydrogen) atoms. The molecule has 0 aliphatic carbocycles. The van der Waals surface area contributed by atoms with Gasteiger partial charge in [0.15, 0.2) is 0 Å². The highest BCUT2D eigenvalue weighted by Gasteiger charge is 2.35. The molecule has 0 spiro atoms. The van der Waals surface area contributed by atoms with Gasteiger partial charge in [0.05, 0.1) is 9.83 Å². The summed E-state index contributed by atoms with van der Waals surface area (Å²) >= 11 is 4.58. The Morgan fingerprint density at radius 2 is 2.00 bits per heavy atom. The Kier molecular flexibility index (Phi) is 3.56. The van der Waals surface area contributed by atoms with Crippen LogP contribution in [0.4, 0.5) is 0 Å². The topological polar surface area (TPSA) is 42.3 Å². The van der Waals surface area contributed by atoms with Gasteiger partial charge < -0.3 is 4.57 Å². The van der Waals surface area contributed by atoms with Crippen LogP contribution < -0.4 is 0 Å². The summed E-state index contributed by atoms with van der Waals surface area (Å²) in [5, 5.41) is 0. The van der Waals surface area contributed by atoms with E-state index < -0.39 is 10.0 Å². The van der Waals surface area contributed by atoms with Gasteiger partial charge in [-0.05, 0) is 54.0 Å². The van der Waals surface area contributed by atoms with E-state index in [1.807, 2.05) is 19.1 Å². The number of thiophene rings is 1. The van der Waals surface area contributed by atoms with Crippen molar-refractivity contribution in [2.75, 3.05) is 6.54 Å². The minimum Gasteiger partial charge on any atom is -0.346 e. The zero-order valence-corrected chi connectivity index (χ0v) is 14.4. The summed E-state index contributed by atoms with van der Waals surface area (Å²) in [4.78, 5) is 0. The van der Waals surface area contributed by atoms with E-state index in [2.05, 4.69) is 27.4 Å². The minimum absolute atomic E-state index is 0.136. The molecule has 2 aromatic rings. The lowest BCUT2D eigenvalue weighted by atomic mass is 10.2. The number of nitrogens with zero attached hydrogens (tertiary/aromatic N) is 2. The number of fused-ring (bicyclic) bond motifs is 1. The molecule has 3 rings (SSSR count). The zero-order chi connectivity index (χ0) is 14.5. The maximum absolute atomic E-state index is 12.7. The van der Waals surface area contributed by atoms with E-state index in [0.29, 0.717) is 17.3 Å². The third-order valence-corrected chi connectivity index (χ3v) is 7.81. The average molecular weight is 375 g/mol. The largest absolute Gasteiger partial charge is 0.346 e. The second-order valence-electron chi connectivity index (χ2n) is 4.90. The summed E-state index contributed by atoms with van der Waals surface area (Å²) in [5.41, 5.74) is 2.25. The van der Waals surface area contributed by atoms with Gasteiger partial charge in [-0.15, -0.1) is 11.3 Å². The van der Waals surface area contributed by atoms with Gasteiger partial charge >= 0.3 is 0 Å². The molecule has 0 fully saturated rings. The lowest BCUT2D eigenvalue weighted by Gasteiger charge is -2.34. The first-order valence-electron chi connectivity index (χ1n) is 6.34. The van der Waals surface area contributed by atoms with Crippen LogP contribution in [0.2, 0.25) is 0 Å². The molecule has 0 radical (unpaired) electrons. The number of halogens is 1. The summed E-state index contributed by atoms with van der Waals surface area (Å²) in [7, 11) is -3.42. The Morgan fingerprint density at radius 1 is 1.25 bits per heavy atom. The lowest BCUT2D eigenvalue weighted by molar-refractivity contribution is 0.281. The Labute approximate surface area is 131 Å². The highest BCUT2D eigenvalue weighted by molar-refractivity contribution is 9.11. The van der Waals surface area contributed by atoms with Gasteiger partial charge in [-0.2, -0.15) is 4.31 Å². The van der Waals surface area contributed by atoms with E-state index in [1.54, 1.807) is 16.4 Å². The summed E-state index contributed by atoms with van der Waals surface area (Å²) in [6, 6.07) is 7.37. The fraction of sp³-hybridized carbons (Fsp3) is 0.385. The second-order valence-corrected chi connectivity index (χ2v) is 9.48. The molecule has 2 aromatic heterocycles. The number of aryl methyl sites for hydroxylation is 1. The Bertz CT molecular complexity index is 748. The van der Waals surface area contributed by atoms with Crippen molar-refractivity contribution in [3.63, 3.8) is 0 Å². The van der Waals surface area contributed by atoms with Crippen molar-refractivity contribution in [2.45, 2.75) is 30.6 Å². The van der Waals surface area contributed by atoms with Gasteiger partial charge in [0, 0.05) is 24.5 Å². The smallest absolute Gasteiger partial charge is 0.253 e. The van der Waals surface area contributed by atoms with E-state index in [4.69, 9.17) is 0 Å². The first kappa shape index (κ1) is 14.3. The molecule has 3 heterocycles. The monoisotopic (exact) mass is 374 g/mol. The van der Waals surface area contributed by atoms with Crippen molar-refractivity contribution in [3.05, 3.63) is 39.4 Å². The lowest BCUT2D eigenvalue weighted by Crippen LogP contribution is -2.40. The van der Waals surface area contributed by atoms with Crippen LogP contribution in [-0.2, 0) is 16.6 Å². The number of aromatic nitrogens is 1. The first-order valence-corrected chi connectivity index (χ1v) is 9.39. The number of sulfonamides is 1. The fourth-order valence-corrected chi connectivity index (χ4v) is 6.42. The molecule has 1 unspecified atom stereocenters. The number of hydrogen-bond donors (Lipinski definition) is 0. The van der Waals surface area contributed by atoms with Gasteiger partial charge in [-0.1, -0.05) is 0 Å². The standard InChI is InChI=1S/C13H15BrN2O2S2/c1-9-3-4-11-10(2)16(8-7-15(9)11)20(17,18)13-6-5-12(14)19-13/h3-6,10H,7-8H2,1-2H3. The van der Waals surface area contributed by atoms with Crippen LogP contribution in [0.25, 0.3) is 0 Å². The third-order valence-electron chi connectivity index (χ3n) is 3.75. The van der Waals surface area contributed by atoms with Crippen LogP contribution >= 0.6 is 27.3 Å². The van der Waals surface area contributed by atoms with E-state index in [-0.39, 0.29) is 6.04 Å². The van der Waals surface area contributed by atoms with Crippen molar-refractivity contribution in [2.24, 2.45) is 0 Å². The average Bonchev–Trinajstić information content (AvgIpc) is 2.98. The fourth-order valence-electron chi connectivity index (χ4n) is 2.68. The summed E-state index contributed by atoms with van der Waals surface area (Å²) in [6.45, 7) is 5.23. The Hall–Kier alpha value is -0.630. The predicted octanol–water partition coefficient (Wildman–Crippen LogP) is 3.39. The SMILES string of the molecule is Cc1ccc2n1CCN(S(=O)(=O)c1ccc(Br)s1)C2C. The van der Waals surface area contributed by atoms with Gasteiger partial charge in [0.1, 0.15) is 4.21 Å². The van der Waals surface area contributed by atoms with E-state index in [9.17, 15) is 8.42 Å². The molecular weight excluding hydrogens is 360 g/mol. The number of hydrogen-bond acceptors (Lipinski definition) is 3. The van der Waals surface area contributed by atoms with Crippen LogP contribution in [0.15, 0.2) is 32.3 Å². The summed E-state index contributed by atoms with van der Waals surface area (Å²) < 4.78 is 30.5. The summed E-state index contributed by atoms with van der Waals surface area (Å²) in [5.74, 6) is 0. The van der Waals surface area contributed by atoms with Gasteiger partial charge in [0.25, 0.3) is 10.0 Å². The minimum atomic E-state index is -3.42. The third kappa shape index (κ3) is 2.16. The van der Waals surface area contributed by atoms with Crippen molar-refractivity contribution in [1.29, 1.82) is 0 Å². The van der Waals surface area contributed by atoms with Crippen LogP contribution in [0, 0.1) is 6.92 Å². The molecule has 1 aliphatic heterocycles. The number of rotatable bonds is 2. The van der Waals surface area contributed by atoms with E-state index in [1.165, 1.54) is 17.0 Å². The highest BCUT2D eigenvalue weighted by atomic mass is 79.9. The maximum Gasteiger partial charge on any atom is 0.253 e. The second kappa shape index (κ2) is 4.98. The molecule has 1 atom stereocenters. The van der Waals surface area contributed by atoms with Crippen molar-refractivity contribution >= 4 is 37.3 Å². The normalized spacial score (nSPS) is 20.1.